The molecule has 10 heteroatoms. The van der Waals surface area contributed by atoms with Gasteiger partial charge in [0.05, 0.1) is 35.6 Å². The molecule has 138 valence electrons. The summed E-state index contributed by atoms with van der Waals surface area (Å²) in [6.07, 6.45) is 0.289. The van der Waals surface area contributed by atoms with E-state index < -0.39 is 27.7 Å². The van der Waals surface area contributed by atoms with Crippen LogP contribution in [0.15, 0.2) is 29.1 Å². The van der Waals surface area contributed by atoms with Crippen LogP contribution in [0.4, 0.5) is 0 Å². The van der Waals surface area contributed by atoms with Crippen molar-refractivity contribution in [1.29, 1.82) is 0 Å². The molecule has 0 bridgehead atoms. The predicted octanol–water partition coefficient (Wildman–Crippen LogP) is -1.11. The topological polar surface area (TPSA) is 138 Å². The molecule has 0 radical (unpaired) electrons. The first-order valence-electron chi connectivity index (χ1n) is 8.07. The number of carbonyl (C=O) groups is 2. The van der Waals surface area contributed by atoms with Crippen LogP contribution in [0, 0.1) is 0 Å². The fourth-order valence-corrected chi connectivity index (χ4v) is 4.56. The highest BCUT2D eigenvalue weighted by atomic mass is 32.2. The molecule has 0 saturated carbocycles. The Bertz CT molecular complexity index is 1010. The first-order valence-corrected chi connectivity index (χ1v) is 9.89. The molecule has 1 fully saturated rings. The van der Waals surface area contributed by atoms with Crippen LogP contribution in [0.25, 0.3) is 10.8 Å². The van der Waals surface area contributed by atoms with Crippen molar-refractivity contribution in [2.75, 3.05) is 18.1 Å². The number of hydrogen-bond acceptors (Lipinski definition) is 6. The smallest absolute Gasteiger partial charge is 0.272 e. The minimum absolute atomic E-state index is 0.0647. The van der Waals surface area contributed by atoms with Gasteiger partial charge in [-0.2, -0.15) is 5.10 Å². The van der Waals surface area contributed by atoms with Gasteiger partial charge in [0, 0.05) is 11.4 Å². The number of benzene rings is 1. The van der Waals surface area contributed by atoms with Crippen LogP contribution in [0.1, 0.15) is 12.1 Å². The van der Waals surface area contributed by atoms with Gasteiger partial charge < -0.3 is 10.6 Å². The Morgan fingerprint density at radius 3 is 2.62 bits per heavy atom. The van der Waals surface area contributed by atoms with Crippen LogP contribution >= 0.6 is 0 Å². The number of fused-ring (bicyclic) bond motifs is 1. The van der Waals surface area contributed by atoms with Gasteiger partial charge in [0.2, 0.25) is 11.8 Å². The lowest BCUT2D eigenvalue weighted by Crippen LogP contribution is -2.42. The number of amides is 2. The molecule has 1 atom stereocenters. The Kier molecular flexibility index (Phi) is 5.03. The average molecular weight is 378 g/mol. The number of aromatic amines is 1. The summed E-state index contributed by atoms with van der Waals surface area (Å²) in [4.78, 5) is 35.6. The highest BCUT2D eigenvalue weighted by Crippen LogP contribution is 2.13. The minimum atomic E-state index is -3.08. The standard InChI is InChI=1S/C16H18N4O5S/c21-14(17-8-15(22)18-10-5-6-26(24,25)9-10)7-13-11-3-1-2-4-12(11)16(23)20-19-13/h1-4,10H,5-9H2,(H,17,21)(H,18,22)(H,20,23)/t10-/m1/s1. The van der Waals surface area contributed by atoms with Gasteiger partial charge in [0.15, 0.2) is 9.84 Å². The molecule has 1 aromatic heterocycles. The maximum absolute atomic E-state index is 12.1. The molecule has 0 aliphatic carbocycles. The van der Waals surface area contributed by atoms with E-state index >= 15 is 0 Å². The summed E-state index contributed by atoms with van der Waals surface area (Å²) in [6, 6.07) is 6.39. The molecule has 0 spiro atoms. The SMILES string of the molecule is O=C(Cc1n[nH]c(=O)c2ccccc12)NCC(=O)N[C@@H]1CCS(=O)(=O)C1. The zero-order valence-corrected chi connectivity index (χ0v) is 14.6. The number of nitrogens with one attached hydrogen (secondary N) is 3. The number of carbonyl (C=O) groups excluding carboxylic acids is 2. The molecule has 1 saturated heterocycles. The third-order valence-electron chi connectivity index (χ3n) is 4.15. The monoisotopic (exact) mass is 378 g/mol. The van der Waals surface area contributed by atoms with Crippen LogP contribution in [0.2, 0.25) is 0 Å². The second-order valence-electron chi connectivity index (χ2n) is 6.17. The third-order valence-corrected chi connectivity index (χ3v) is 5.91. The minimum Gasteiger partial charge on any atom is -0.351 e. The van der Waals surface area contributed by atoms with Gasteiger partial charge in [-0.3, -0.25) is 14.4 Å². The van der Waals surface area contributed by atoms with Crippen molar-refractivity contribution in [2.24, 2.45) is 0 Å². The number of nitrogens with zero attached hydrogens (tertiary/aromatic N) is 1. The molecule has 2 amide bonds. The molecule has 1 aliphatic rings. The Morgan fingerprint density at radius 1 is 1.19 bits per heavy atom. The normalized spacial score (nSPS) is 18.5. The van der Waals surface area contributed by atoms with Gasteiger partial charge in [-0.05, 0) is 12.5 Å². The number of H-pyrrole nitrogens is 1. The van der Waals surface area contributed by atoms with Gasteiger partial charge >= 0.3 is 0 Å². The van der Waals surface area contributed by atoms with Crippen LogP contribution in [0.3, 0.4) is 0 Å². The molecular weight excluding hydrogens is 360 g/mol. The van der Waals surface area contributed by atoms with Gasteiger partial charge in [-0.15, -0.1) is 0 Å². The van der Waals surface area contributed by atoms with E-state index in [9.17, 15) is 22.8 Å². The number of hydrogen-bond donors (Lipinski definition) is 3. The molecule has 3 rings (SSSR count). The number of aromatic nitrogens is 2. The molecule has 1 aromatic carbocycles. The second kappa shape index (κ2) is 7.24. The van der Waals surface area contributed by atoms with Crippen molar-refractivity contribution >= 4 is 32.4 Å². The van der Waals surface area contributed by atoms with Gasteiger partial charge in [0.1, 0.15) is 0 Å². The molecule has 9 nitrogen and oxygen atoms in total. The first kappa shape index (κ1) is 18.1. The van der Waals surface area contributed by atoms with Crippen molar-refractivity contribution in [3.63, 3.8) is 0 Å². The highest BCUT2D eigenvalue weighted by Gasteiger charge is 2.28. The van der Waals surface area contributed by atoms with Crippen molar-refractivity contribution in [1.82, 2.24) is 20.8 Å². The van der Waals surface area contributed by atoms with E-state index in [1.807, 2.05) is 0 Å². The first-order chi connectivity index (χ1) is 12.3. The van der Waals surface area contributed by atoms with Gasteiger partial charge in [-0.1, -0.05) is 18.2 Å². The summed E-state index contributed by atoms with van der Waals surface area (Å²) in [5.74, 6) is -0.876. The lowest BCUT2D eigenvalue weighted by atomic mass is 10.1. The van der Waals surface area contributed by atoms with Crippen LogP contribution in [-0.2, 0) is 25.8 Å². The van der Waals surface area contributed by atoms with Crippen molar-refractivity contribution in [3.8, 4) is 0 Å². The van der Waals surface area contributed by atoms with E-state index in [2.05, 4.69) is 20.8 Å². The lowest BCUT2D eigenvalue weighted by molar-refractivity contribution is -0.126. The molecule has 3 N–H and O–H groups in total. The Hall–Kier alpha value is -2.75. The van der Waals surface area contributed by atoms with Crippen molar-refractivity contribution in [3.05, 3.63) is 40.3 Å². The maximum Gasteiger partial charge on any atom is 0.272 e. The fourth-order valence-electron chi connectivity index (χ4n) is 2.89. The second-order valence-corrected chi connectivity index (χ2v) is 8.39. The fraction of sp³-hybridized carbons (Fsp3) is 0.375. The zero-order chi connectivity index (χ0) is 18.7. The number of sulfone groups is 1. The number of rotatable bonds is 5. The van der Waals surface area contributed by atoms with E-state index in [0.717, 1.165) is 0 Å². The van der Waals surface area contributed by atoms with Gasteiger partial charge in [-0.25, -0.2) is 13.5 Å². The van der Waals surface area contributed by atoms with Crippen molar-refractivity contribution < 1.29 is 18.0 Å². The summed E-state index contributed by atoms with van der Waals surface area (Å²) >= 11 is 0. The Balaban J connectivity index is 1.56. The summed E-state index contributed by atoms with van der Waals surface area (Å²) in [7, 11) is -3.08. The molecular formula is C16H18N4O5S. The quantitative estimate of drug-likeness (QED) is 0.603. The van der Waals surface area contributed by atoms with Crippen molar-refractivity contribution in [2.45, 2.75) is 18.9 Å². The summed E-state index contributed by atoms with van der Waals surface area (Å²) in [6.45, 7) is -0.253. The Morgan fingerprint density at radius 2 is 1.92 bits per heavy atom. The third kappa shape index (κ3) is 4.26. The maximum atomic E-state index is 12.1. The predicted molar refractivity (Wildman–Crippen MR) is 94.3 cm³/mol. The van der Waals surface area contributed by atoms with E-state index in [1.54, 1.807) is 24.3 Å². The molecule has 1 aliphatic heterocycles. The molecule has 26 heavy (non-hydrogen) atoms. The summed E-state index contributed by atoms with van der Waals surface area (Å²) < 4.78 is 22.7. The lowest BCUT2D eigenvalue weighted by Gasteiger charge is -2.11. The zero-order valence-electron chi connectivity index (χ0n) is 13.8. The highest BCUT2D eigenvalue weighted by molar-refractivity contribution is 7.91. The van der Waals surface area contributed by atoms with E-state index in [1.165, 1.54) is 0 Å². The molecule has 2 aromatic rings. The van der Waals surface area contributed by atoms with E-state index in [-0.39, 0.29) is 30.0 Å². The molecule has 0 unspecified atom stereocenters. The summed E-state index contributed by atoms with van der Waals surface area (Å²) in [5.41, 5.74) is 0.0654. The summed E-state index contributed by atoms with van der Waals surface area (Å²) in [5, 5.41) is 12.3. The van der Waals surface area contributed by atoms with E-state index in [0.29, 0.717) is 22.9 Å². The van der Waals surface area contributed by atoms with Gasteiger partial charge in [0.25, 0.3) is 5.56 Å². The van der Waals surface area contributed by atoms with E-state index in [4.69, 9.17) is 0 Å². The molecule has 2 heterocycles. The van der Waals surface area contributed by atoms with Crippen LogP contribution in [0.5, 0.6) is 0 Å². The Labute approximate surface area is 149 Å². The average Bonchev–Trinajstić information content (AvgIpc) is 2.94. The van der Waals surface area contributed by atoms with Crippen LogP contribution < -0.4 is 16.2 Å². The largest absolute Gasteiger partial charge is 0.351 e. The van der Waals surface area contributed by atoms with Crippen LogP contribution in [-0.4, -0.2) is 54.5 Å².